The van der Waals surface area contributed by atoms with Gasteiger partial charge in [-0.3, -0.25) is 14.4 Å². The van der Waals surface area contributed by atoms with Crippen molar-refractivity contribution in [2.75, 3.05) is 5.32 Å². The van der Waals surface area contributed by atoms with Crippen molar-refractivity contribution in [3.05, 3.63) is 68.4 Å². The van der Waals surface area contributed by atoms with Gasteiger partial charge in [-0.1, -0.05) is 6.92 Å². The number of nitrogens with one attached hydrogen (secondary N) is 1. The Bertz CT molecular complexity index is 1290. The Kier molecular flexibility index (Phi) is 3.66. The Morgan fingerprint density at radius 3 is 2.73 bits per heavy atom. The lowest BCUT2D eigenvalue weighted by atomic mass is 9.86. The third kappa shape index (κ3) is 2.23. The van der Waals surface area contributed by atoms with E-state index in [1.54, 1.807) is 6.92 Å². The zero-order chi connectivity index (χ0) is 21.4. The van der Waals surface area contributed by atoms with Crippen molar-refractivity contribution < 1.29 is 28.6 Å². The van der Waals surface area contributed by atoms with Crippen LogP contribution in [0.5, 0.6) is 0 Å². The average Bonchev–Trinajstić information content (AvgIpc) is 3.21. The van der Waals surface area contributed by atoms with E-state index in [-0.39, 0.29) is 53.1 Å². The van der Waals surface area contributed by atoms with E-state index in [9.17, 15) is 28.7 Å². The van der Waals surface area contributed by atoms with Crippen molar-refractivity contribution in [3.63, 3.8) is 0 Å². The minimum absolute atomic E-state index is 0.00801. The molecule has 0 spiro atoms. The minimum Gasteiger partial charge on any atom is -0.458 e. The number of allylic oxidation sites excluding steroid dienone is 1. The van der Waals surface area contributed by atoms with Crippen molar-refractivity contribution in [1.29, 1.82) is 0 Å². The number of hydrogen-bond acceptors (Lipinski definition) is 6. The van der Waals surface area contributed by atoms with Gasteiger partial charge in [0, 0.05) is 22.4 Å². The molecule has 30 heavy (non-hydrogen) atoms. The summed E-state index contributed by atoms with van der Waals surface area (Å²) >= 11 is 0. The van der Waals surface area contributed by atoms with Crippen LogP contribution in [0.4, 0.5) is 10.1 Å². The van der Waals surface area contributed by atoms with Gasteiger partial charge in [0.15, 0.2) is 5.60 Å². The topological polar surface area (TPSA) is 115 Å². The average molecular weight is 410 g/mol. The van der Waals surface area contributed by atoms with Crippen LogP contribution in [0.1, 0.15) is 40.5 Å². The van der Waals surface area contributed by atoms with E-state index in [1.807, 2.05) is 0 Å². The number of cyclic esters (lactones) is 1. The van der Waals surface area contributed by atoms with Crippen molar-refractivity contribution in [1.82, 2.24) is 4.57 Å². The summed E-state index contributed by atoms with van der Waals surface area (Å²) < 4.78 is 19.9. The van der Waals surface area contributed by atoms with Gasteiger partial charge >= 0.3 is 5.97 Å². The summed E-state index contributed by atoms with van der Waals surface area (Å²) in [5.41, 5.74) is -1.85. The van der Waals surface area contributed by atoms with Crippen LogP contribution >= 0.6 is 0 Å². The second-order valence-corrected chi connectivity index (χ2v) is 7.43. The number of benzene rings is 1. The van der Waals surface area contributed by atoms with E-state index >= 15 is 0 Å². The number of rotatable bonds is 1. The number of esters is 1. The molecule has 0 saturated heterocycles. The Morgan fingerprint density at radius 1 is 1.23 bits per heavy atom. The first-order valence-electron chi connectivity index (χ1n) is 9.32. The van der Waals surface area contributed by atoms with Crippen molar-refractivity contribution in [2.24, 2.45) is 0 Å². The smallest absolute Gasteiger partial charge is 0.343 e. The van der Waals surface area contributed by atoms with Crippen LogP contribution < -0.4 is 10.9 Å². The van der Waals surface area contributed by atoms with Crippen molar-refractivity contribution in [2.45, 2.75) is 32.1 Å². The summed E-state index contributed by atoms with van der Waals surface area (Å²) in [4.78, 5) is 50.8. The standard InChI is InChI=1S/C21H15FN2O6/c1-2-21(29)13-6-15-17(25)11(7-24(15)19(27)12(13)8-30-20(21)28)16-10-5-9(22)3-4-14(10)23-18(16)26/h3-6,29H,2,7-8H2,1H3,(H,23,26)/b16-11+/t21-/m0/s1. The lowest BCUT2D eigenvalue weighted by molar-refractivity contribution is -0.172. The summed E-state index contributed by atoms with van der Waals surface area (Å²) in [6.07, 6.45) is -0.0427. The molecule has 152 valence electrons. The zero-order valence-electron chi connectivity index (χ0n) is 15.7. The van der Waals surface area contributed by atoms with Crippen LogP contribution in [-0.2, 0) is 33.1 Å². The van der Waals surface area contributed by atoms with Gasteiger partial charge in [-0.05, 0) is 30.7 Å². The minimum atomic E-state index is -2.03. The fraction of sp³-hybridized carbons (Fsp3) is 0.238. The summed E-state index contributed by atoms with van der Waals surface area (Å²) in [6, 6.07) is 5.06. The SMILES string of the molecule is CC[C@@]1(O)C(=O)OCc2c1cc1n(c2=O)C/C(=C2\C(=O)Nc3ccc(F)cc32)C1=O. The lowest BCUT2D eigenvalue weighted by Gasteiger charge is -2.31. The largest absolute Gasteiger partial charge is 0.458 e. The monoisotopic (exact) mass is 410 g/mol. The summed E-state index contributed by atoms with van der Waals surface area (Å²) in [6.45, 7) is 1.06. The molecule has 1 atom stereocenters. The number of Topliss-reactive ketones (excluding diaryl/α,β-unsaturated/α-hetero) is 1. The van der Waals surface area contributed by atoms with Gasteiger partial charge < -0.3 is 19.7 Å². The molecule has 2 aromatic rings. The predicted octanol–water partition coefficient (Wildman–Crippen LogP) is 1.24. The van der Waals surface area contributed by atoms with Gasteiger partial charge in [0.25, 0.3) is 11.5 Å². The molecule has 0 aliphatic carbocycles. The van der Waals surface area contributed by atoms with Crippen LogP contribution in [-0.4, -0.2) is 27.3 Å². The van der Waals surface area contributed by atoms with E-state index in [0.29, 0.717) is 5.69 Å². The van der Waals surface area contributed by atoms with E-state index < -0.39 is 34.6 Å². The summed E-state index contributed by atoms with van der Waals surface area (Å²) in [5.74, 6) is -2.60. The summed E-state index contributed by atoms with van der Waals surface area (Å²) in [7, 11) is 0. The van der Waals surface area contributed by atoms with Gasteiger partial charge in [0.2, 0.25) is 5.78 Å². The lowest BCUT2D eigenvalue weighted by Crippen LogP contribution is -2.44. The summed E-state index contributed by atoms with van der Waals surface area (Å²) in [5, 5.41) is 13.4. The number of nitrogens with zero attached hydrogens (tertiary/aromatic N) is 1. The Hall–Kier alpha value is -3.59. The molecule has 5 rings (SSSR count). The van der Waals surface area contributed by atoms with Gasteiger partial charge in [-0.15, -0.1) is 0 Å². The highest BCUT2D eigenvalue weighted by atomic mass is 19.1. The molecule has 3 aliphatic rings. The number of carbonyl (C=O) groups is 3. The number of aliphatic hydroxyl groups is 1. The Morgan fingerprint density at radius 2 is 2.00 bits per heavy atom. The van der Waals surface area contributed by atoms with E-state index in [1.165, 1.54) is 22.8 Å². The normalized spacial score (nSPS) is 24.3. The molecule has 0 saturated carbocycles. The molecular formula is C21H15FN2O6. The molecule has 8 nitrogen and oxygen atoms in total. The number of anilines is 1. The zero-order valence-corrected chi connectivity index (χ0v) is 15.7. The second kappa shape index (κ2) is 5.96. The van der Waals surface area contributed by atoms with E-state index in [0.717, 1.165) is 6.07 Å². The Balaban J connectivity index is 1.73. The molecule has 0 radical (unpaired) electrons. The third-order valence-corrected chi connectivity index (χ3v) is 5.89. The van der Waals surface area contributed by atoms with Gasteiger partial charge in [0.05, 0.1) is 23.4 Å². The number of fused-ring (bicyclic) bond motifs is 3. The van der Waals surface area contributed by atoms with Gasteiger partial charge in [0.1, 0.15) is 12.4 Å². The second-order valence-electron chi connectivity index (χ2n) is 7.43. The van der Waals surface area contributed by atoms with Gasteiger partial charge in [-0.2, -0.15) is 0 Å². The number of carbonyl (C=O) groups excluding carboxylic acids is 3. The maximum atomic E-state index is 13.8. The first-order chi connectivity index (χ1) is 14.3. The van der Waals surface area contributed by atoms with Crippen LogP contribution in [0, 0.1) is 5.82 Å². The molecule has 1 aromatic carbocycles. The van der Waals surface area contributed by atoms with Gasteiger partial charge in [-0.25, -0.2) is 9.18 Å². The fourth-order valence-electron chi connectivity index (χ4n) is 4.26. The number of ether oxygens (including phenoxy) is 1. The molecular weight excluding hydrogens is 395 g/mol. The van der Waals surface area contributed by atoms with Crippen LogP contribution in [0.3, 0.4) is 0 Å². The highest BCUT2D eigenvalue weighted by Gasteiger charge is 2.46. The fourth-order valence-corrected chi connectivity index (χ4v) is 4.26. The number of aromatic nitrogens is 1. The number of pyridine rings is 1. The van der Waals surface area contributed by atoms with Crippen molar-refractivity contribution >= 4 is 28.9 Å². The first-order valence-corrected chi connectivity index (χ1v) is 9.32. The maximum Gasteiger partial charge on any atom is 0.343 e. The highest BCUT2D eigenvalue weighted by Crippen LogP contribution is 2.39. The molecule has 2 N–H and O–H groups in total. The molecule has 1 aromatic heterocycles. The number of hydrogen-bond donors (Lipinski definition) is 2. The maximum absolute atomic E-state index is 13.8. The third-order valence-electron chi connectivity index (χ3n) is 5.89. The predicted molar refractivity (Wildman–Crippen MR) is 101 cm³/mol. The van der Waals surface area contributed by atoms with E-state index in [4.69, 9.17) is 4.74 Å². The molecule has 3 aliphatic heterocycles. The van der Waals surface area contributed by atoms with Crippen molar-refractivity contribution in [3.8, 4) is 0 Å². The number of amides is 1. The molecule has 0 unspecified atom stereocenters. The molecule has 4 heterocycles. The quantitative estimate of drug-likeness (QED) is 0.540. The molecule has 1 amide bonds. The van der Waals surface area contributed by atoms with E-state index in [2.05, 4.69) is 5.32 Å². The number of halogens is 1. The van der Waals surface area contributed by atoms with Crippen LogP contribution in [0.25, 0.3) is 5.57 Å². The number of ketones is 1. The molecule has 9 heteroatoms. The molecule has 0 bridgehead atoms. The van der Waals surface area contributed by atoms with Crippen LogP contribution in [0.2, 0.25) is 0 Å². The highest BCUT2D eigenvalue weighted by molar-refractivity contribution is 6.37. The first kappa shape index (κ1) is 18.4. The van der Waals surface area contributed by atoms with Crippen LogP contribution in [0.15, 0.2) is 34.6 Å². The Labute approximate surface area is 168 Å². The molecule has 0 fully saturated rings.